The van der Waals surface area contributed by atoms with Crippen molar-refractivity contribution in [3.63, 3.8) is 0 Å². The van der Waals surface area contributed by atoms with Gasteiger partial charge in [0, 0.05) is 18.8 Å². The lowest BCUT2D eigenvalue weighted by Crippen LogP contribution is -2.41. The molecule has 1 aromatic rings. The van der Waals surface area contributed by atoms with Crippen molar-refractivity contribution in [3.05, 3.63) is 23.3 Å². The van der Waals surface area contributed by atoms with Crippen LogP contribution in [0, 0.1) is 13.8 Å². The van der Waals surface area contributed by atoms with Crippen LogP contribution in [0.2, 0.25) is 0 Å². The summed E-state index contributed by atoms with van der Waals surface area (Å²) in [6.07, 6.45) is 3.02. The maximum Gasteiger partial charge on any atom is 0.243 e. The van der Waals surface area contributed by atoms with E-state index >= 15 is 0 Å². The molecule has 18 heavy (non-hydrogen) atoms. The molecule has 0 atom stereocenters. The topological polar surface area (TPSA) is 63.4 Å². The van der Waals surface area contributed by atoms with Gasteiger partial charge in [-0.3, -0.25) is 0 Å². The van der Waals surface area contributed by atoms with E-state index in [0.717, 1.165) is 30.4 Å². The Bertz CT molecular complexity index is 539. The van der Waals surface area contributed by atoms with Gasteiger partial charge in [0.1, 0.15) is 0 Å². The fraction of sp³-hybridized carbons (Fsp3) is 0.538. The predicted octanol–water partition coefficient (Wildman–Crippen LogP) is 2.06. The molecule has 1 fully saturated rings. The van der Waals surface area contributed by atoms with Crippen molar-refractivity contribution in [2.75, 3.05) is 12.8 Å². The Balaban J connectivity index is 2.40. The number of hydrogen-bond donors (Lipinski definition) is 1. The first-order valence-corrected chi connectivity index (χ1v) is 7.63. The molecule has 0 heterocycles. The molecule has 0 amide bonds. The molecule has 0 saturated heterocycles. The van der Waals surface area contributed by atoms with Crippen LogP contribution < -0.4 is 5.73 Å². The van der Waals surface area contributed by atoms with Gasteiger partial charge in [0.25, 0.3) is 0 Å². The molecule has 2 N–H and O–H groups in total. The largest absolute Gasteiger partial charge is 0.398 e. The third-order valence-corrected chi connectivity index (χ3v) is 5.83. The molecule has 0 bridgehead atoms. The summed E-state index contributed by atoms with van der Waals surface area (Å²) in [6.45, 7) is 3.78. The van der Waals surface area contributed by atoms with E-state index in [-0.39, 0.29) is 6.04 Å². The van der Waals surface area contributed by atoms with E-state index in [4.69, 9.17) is 5.73 Å². The molecule has 0 radical (unpaired) electrons. The fourth-order valence-electron chi connectivity index (χ4n) is 2.11. The molecule has 1 aromatic carbocycles. The first kappa shape index (κ1) is 13.4. The van der Waals surface area contributed by atoms with Gasteiger partial charge in [-0.2, -0.15) is 4.31 Å². The van der Waals surface area contributed by atoms with Crippen LogP contribution in [0.5, 0.6) is 0 Å². The van der Waals surface area contributed by atoms with Gasteiger partial charge in [-0.25, -0.2) is 8.42 Å². The van der Waals surface area contributed by atoms with E-state index in [1.165, 1.54) is 4.31 Å². The highest BCUT2D eigenvalue weighted by molar-refractivity contribution is 7.89. The number of nitrogen functional groups attached to an aromatic ring is 1. The maximum atomic E-state index is 12.5. The van der Waals surface area contributed by atoms with E-state index < -0.39 is 10.0 Å². The summed E-state index contributed by atoms with van der Waals surface area (Å²) in [5.74, 6) is 0. The van der Waals surface area contributed by atoms with Crippen LogP contribution in [0.4, 0.5) is 5.69 Å². The highest BCUT2D eigenvalue weighted by Gasteiger charge is 2.32. The molecule has 1 saturated carbocycles. The van der Waals surface area contributed by atoms with Gasteiger partial charge in [-0.05, 0) is 49.9 Å². The molecule has 5 heteroatoms. The molecule has 1 aliphatic rings. The van der Waals surface area contributed by atoms with Gasteiger partial charge in [0.15, 0.2) is 0 Å². The van der Waals surface area contributed by atoms with E-state index in [9.17, 15) is 8.42 Å². The van der Waals surface area contributed by atoms with Crippen LogP contribution in [0.3, 0.4) is 0 Å². The third-order valence-electron chi connectivity index (χ3n) is 3.95. The highest BCUT2D eigenvalue weighted by Crippen LogP contribution is 2.30. The highest BCUT2D eigenvalue weighted by atomic mass is 32.2. The molecular formula is C13H20N2O2S. The van der Waals surface area contributed by atoms with Crippen molar-refractivity contribution in [1.29, 1.82) is 0 Å². The summed E-state index contributed by atoms with van der Waals surface area (Å²) >= 11 is 0. The van der Waals surface area contributed by atoms with Crippen LogP contribution in [-0.4, -0.2) is 25.8 Å². The van der Waals surface area contributed by atoms with E-state index in [2.05, 4.69) is 0 Å². The Morgan fingerprint density at radius 3 is 2.33 bits per heavy atom. The minimum absolute atomic E-state index is 0.151. The second kappa shape index (κ2) is 4.55. The molecule has 0 spiro atoms. The molecule has 0 unspecified atom stereocenters. The standard InChI is InChI=1S/C13H20N2O2S/c1-9-7-12(8-13(14)10(9)2)18(16,17)15(3)11-5-4-6-11/h7-8,11H,4-6,14H2,1-3H3. The molecular weight excluding hydrogens is 248 g/mol. The minimum atomic E-state index is -3.41. The second-order valence-corrected chi connectivity index (χ2v) is 7.06. The zero-order valence-corrected chi connectivity index (χ0v) is 11.9. The van der Waals surface area contributed by atoms with Crippen molar-refractivity contribution >= 4 is 15.7 Å². The number of rotatable bonds is 3. The first-order chi connectivity index (χ1) is 8.34. The summed E-state index contributed by atoms with van der Waals surface area (Å²) in [5, 5.41) is 0. The molecule has 4 nitrogen and oxygen atoms in total. The van der Waals surface area contributed by atoms with Crippen LogP contribution in [0.25, 0.3) is 0 Å². The quantitative estimate of drug-likeness (QED) is 0.853. The number of nitrogens with two attached hydrogens (primary N) is 1. The lowest BCUT2D eigenvalue weighted by molar-refractivity contribution is 0.249. The molecule has 100 valence electrons. The molecule has 0 aromatic heterocycles. The third kappa shape index (κ3) is 2.12. The van der Waals surface area contributed by atoms with Crippen molar-refractivity contribution in [2.45, 2.75) is 44.0 Å². The molecule has 0 aliphatic heterocycles. The predicted molar refractivity (Wildman–Crippen MR) is 72.9 cm³/mol. The van der Waals surface area contributed by atoms with Crippen LogP contribution in [-0.2, 0) is 10.0 Å². The maximum absolute atomic E-state index is 12.5. The fourth-order valence-corrected chi connectivity index (χ4v) is 3.65. The number of aryl methyl sites for hydroxylation is 1. The van der Waals surface area contributed by atoms with Gasteiger partial charge in [0.2, 0.25) is 10.0 Å². The second-order valence-electron chi connectivity index (χ2n) is 5.06. The number of benzene rings is 1. The molecule has 1 aliphatic carbocycles. The Labute approximate surface area is 109 Å². The number of hydrogen-bond acceptors (Lipinski definition) is 3. The Morgan fingerprint density at radius 2 is 1.89 bits per heavy atom. The van der Waals surface area contributed by atoms with Crippen LogP contribution in [0.15, 0.2) is 17.0 Å². The smallest absolute Gasteiger partial charge is 0.243 e. The number of nitrogens with zero attached hydrogens (tertiary/aromatic N) is 1. The van der Waals surface area contributed by atoms with Crippen molar-refractivity contribution in [1.82, 2.24) is 4.31 Å². The van der Waals surface area contributed by atoms with Gasteiger partial charge in [-0.15, -0.1) is 0 Å². The number of anilines is 1. The summed E-state index contributed by atoms with van der Waals surface area (Å²) < 4.78 is 26.4. The summed E-state index contributed by atoms with van der Waals surface area (Å²) in [6, 6.07) is 3.42. The van der Waals surface area contributed by atoms with Crippen LogP contribution >= 0.6 is 0 Å². The van der Waals surface area contributed by atoms with E-state index in [0.29, 0.717) is 10.6 Å². The van der Waals surface area contributed by atoms with E-state index in [1.54, 1.807) is 19.2 Å². The van der Waals surface area contributed by atoms with Crippen molar-refractivity contribution in [3.8, 4) is 0 Å². The van der Waals surface area contributed by atoms with E-state index in [1.807, 2.05) is 13.8 Å². The molecule has 2 rings (SSSR count). The van der Waals surface area contributed by atoms with Gasteiger partial charge in [0.05, 0.1) is 4.90 Å². The first-order valence-electron chi connectivity index (χ1n) is 6.19. The summed E-state index contributed by atoms with van der Waals surface area (Å²) in [5.41, 5.74) is 8.25. The monoisotopic (exact) mass is 268 g/mol. The zero-order valence-electron chi connectivity index (χ0n) is 11.1. The zero-order chi connectivity index (χ0) is 13.5. The van der Waals surface area contributed by atoms with Crippen molar-refractivity contribution < 1.29 is 8.42 Å². The Kier molecular flexibility index (Phi) is 3.38. The van der Waals surface area contributed by atoms with Gasteiger partial charge in [-0.1, -0.05) is 6.42 Å². The summed E-state index contributed by atoms with van der Waals surface area (Å²) in [4.78, 5) is 0.303. The SMILES string of the molecule is Cc1cc(S(=O)(=O)N(C)C2CCC2)cc(N)c1C. The Hall–Kier alpha value is -1.07. The lowest BCUT2D eigenvalue weighted by Gasteiger charge is -2.33. The minimum Gasteiger partial charge on any atom is -0.398 e. The average molecular weight is 268 g/mol. The lowest BCUT2D eigenvalue weighted by atomic mass is 9.94. The average Bonchev–Trinajstić information content (AvgIpc) is 2.22. The number of sulfonamides is 1. The van der Waals surface area contributed by atoms with Crippen molar-refractivity contribution in [2.24, 2.45) is 0 Å². The summed E-state index contributed by atoms with van der Waals surface area (Å²) in [7, 11) is -1.75. The van der Waals surface area contributed by atoms with Crippen LogP contribution in [0.1, 0.15) is 30.4 Å². The van der Waals surface area contributed by atoms with Gasteiger partial charge < -0.3 is 5.73 Å². The Morgan fingerprint density at radius 1 is 1.28 bits per heavy atom. The normalized spacial score (nSPS) is 16.9. The van der Waals surface area contributed by atoms with Gasteiger partial charge >= 0.3 is 0 Å².